The van der Waals surface area contributed by atoms with Crippen molar-refractivity contribution in [1.82, 2.24) is 4.98 Å². The molecule has 1 spiro atoms. The zero-order chi connectivity index (χ0) is 13.2. The van der Waals surface area contributed by atoms with Crippen LogP contribution < -0.4 is 0 Å². The smallest absolute Gasteiger partial charge is 0.103 e. The largest absolute Gasteiger partial charge is 0.369 e. The number of aryl methyl sites for hydroxylation is 1. The van der Waals surface area contributed by atoms with E-state index in [4.69, 9.17) is 4.74 Å². The molecule has 3 heterocycles. The van der Waals surface area contributed by atoms with Crippen LogP contribution in [-0.2, 0) is 11.2 Å². The zero-order valence-corrected chi connectivity index (χ0v) is 12.9. The monoisotopic (exact) mass is 303 g/mol. The minimum atomic E-state index is 0.296. The van der Waals surface area contributed by atoms with Gasteiger partial charge in [-0.05, 0) is 24.5 Å². The van der Waals surface area contributed by atoms with Crippen LogP contribution in [0.15, 0.2) is 24.3 Å². The molecule has 0 amide bonds. The number of aromatic nitrogens is 1. The Morgan fingerprint density at radius 1 is 1.20 bits per heavy atom. The molecule has 0 radical (unpaired) electrons. The number of nitrogens with one attached hydrogen (secondary N) is 1. The normalized spacial score (nSPS) is 30.8. The summed E-state index contributed by atoms with van der Waals surface area (Å²) in [5.41, 5.74) is 4.15. The van der Waals surface area contributed by atoms with Gasteiger partial charge in [0, 0.05) is 34.0 Å². The Morgan fingerprint density at radius 3 is 2.95 bits per heavy atom. The van der Waals surface area contributed by atoms with Gasteiger partial charge in [0.2, 0.25) is 0 Å². The molecule has 2 atom stereocenters. The Labute approximate surface area is 127 Å². The fourth-order valence-corrected chi connectivity index (χ4v) is 7.52. The standard InChI is InChI=1S/C16H17NOS2/c1-2-4-13-10(3-1)11-5-6-12-15(14(11)17-13)18-9-16(12)19-7-8-20-16/h1-4,12,15,17H,5-9H2/t12-,15-/m0/s1. The van der Waals surface area contributed by atoms with Gasteiger partial charge in [-0.2, -0.15) is 0 Å². The number of para-hydroxylation sites is 1. The van der Waals surface area contributed by atoms with Crippen molar-refractivity contribution in [1.29, 1.82) is 0 Å². The summed E-state index contributed by atoms with van der Waals surface area (Å²) >= 11 is 4.29. The third-order valence-electron chi connectivity index (χ3n) is 5.01. The SMILES string of the molecule is c1ccc2c3c([nH]c2c1)[C@H]1OCC2(SCCS2)[C@H]1CC3. The first-order valence-corrected chi connectivity index (χ1v) is 9.33. The highest BCUT2D eigenvalue weighted by molar-refractivity contribution is 8.21. The van der Waals surface area contributed by atoms with Gasteiger partial charge in [0.25, 0.3) is 0 Å². The molecule has 2 aliphatic heterocycles. The minimum absolute atomic E-state index is 0.296. The molecule has 1 aliphatic carbocycles. The minimum Gasteiger partial charge on any atom is -0.369 e. The third-order valence-corrected chi connectivity index (χ3v) is 8.61. The van der Waals surface area contributed by atoms with Crippen LogP contribution in [0.4, 0.5) is 0 Å². The average Bonchev–Trinajstić information content (AvgIpc) is 3.18. The molecule has 1 aromatic heterocycles. The van der Waals surface area contributed by atoms with Gasteiger partial charge >= 0.3 is 0 Å². The number of rotatable bonds is 0. The van der Waals surface area contributed by atoms with Crippen LogP contribution in [0.2, 0.25) is 0 Å². The molecule has 1 N–H and O–H groups in total. The Kier molecular flexibility index (Phi) is 2.53. The van der Waals surface area contributed by atoms with Crippen molar-refractivity contribution in [2.75, 3.05) is 18.1 Å². The summed E-state index contributed by atoms with van der Waals surface area (Å²) in [5, 5.41) is 1.40. The zero-order valence-electron chi connectivity index (χ0n) is 11.2. The van der Waals surface area contributed by atoms with E-state index in [0.717, 1.165) is 6.61 Å². The summed E-state index contributed by atoms with van der Waals surface area (Å²) < 4.78 is 6.62. The van der Waals surface area contributed by atoms with Crippen LogP contribution >= 0.6 is 23.5 Å². The second-order valence-electron chi connectivity index (χ2n) is 5.95. The van der Waals surface area contributed by atoms with Crippen LogP contribution in [-0.4, -0.2) is 27.2 Å². The van der Waals surface area contributed by atoms with Gasteiger partial charge in [-0.3, -0.25) is 0 Å². The van der Waals surface area contributed by atoms with Crippen molar-refractivity contribution in [3.63, 3.8) is 0 Å². The van der Waals surface area contributed by atoms with Gasteiger partial charge in [0.1, 0.15) is 6.10 Å². The van der Waals surface area contributed by atoms with Crippen molar-refractivity contribution in [3.8, 4) is 0 Å². The van der Waals surface area contributed by atoms with Gasteiger partial charge < -0.3 is 9.72 Å². The predicted octanol–water partition coefficient (Wildman–Crippen LogP) is 3.98. The van der Waals surface area contributed by atoms with Crippen molar-refractivity contribution in [3.05, 3.63) is 35.5 Å². The molecule has 0 saturated carbocycles. The van der Waals surface area contributed by atoms with Crippen LogP contribution in [0.1, 0.15) is 23.8 Å². The van der Waals surface area contributed by atoms with E-state index in [-0.39, 0.29) is 0 Å². The van der Waals surface area contributed by atoms with E-state index < -0.39 is 0 Å². The van der Waals surface area contributed by atoms with Gasteiger partial charge in [0.05, 0.1) is 10.7 Å². The van der Waals surface area contributed by atoms with Crippen molar-refractivity contribution >= 4 is 34.4 Å². The Morgan fingerprint density at radius 2 is 2.05 bits per heavy atom. The van der Waals surface area contributed by atoms with Crippen molar-refractivity contribution in [2.45, 2.75) is 23.0 Å². The van der Waals surface area contributed by atoms with Crippen molar-refractivity contribution in [2.24, 2.45) is 5.92 Å². The van der Waals surface area contributed by atoms with Crippen LogP contribution in [0.25, 0.3) is 10.9 Å². The third kappa shape index (κ3) is 1.48. The Hall–Kier alpha value is -0.580. The number of fused-ring (bicyclic) bond motifs is 6. The molecule has 0 unspecified atom stereocenters. The maximum absolute atomic E-state index is 6.28. The van der Waals surface area contributed by atoms with E-state index in [1.807, 2.05) is 0 Å². The lowest BCUT2D eigenvalue weighted by atomic mass is 9.83. The summed E-state index contributed by atoms with van der Waals surface area (Å²) in [5.74, 6) is 3.26. The highest BCUT2D eigenvalue weighted by Gasteiger charge is 2.54. The lowest BCUT2D eigenvalue weighted by molar-refractivity contribution is 0.0804. The molecule has 20 heavy (non-hydrogen) atoms. The number of aromatic amines is 1. The second kappa shape index (κ2) is 4.21. The lowest BCUT2D eigenvalue weighted by Gasteiger charge is -2.33. The summed E-state index contributed by atoms with van der Waals surface area (Å²) in [4.78, 5) is 3.65. The van der Waals surface area contributed by atoms with Crippen LogP contribution in [0.3, 0.4) is 0 Å². The molecule has 104 valence electrons. The molecule has 1 aromatic carbocycles. The summed E-state index contributed by atoms with van der Waals surface area (Å²) in [6.07, 6.45) is 2.77. The van der Waals surface area contributed by atoms with Gasteiger partial charge in [-0.1, -0.05) is 18.2 Å². The molecule has 0 bridgehead atoms. The topological polar surface area (TPSA) is 25.0 Å². The maximum atomic E-state index is 6.28. The summed E-state index contributed by atoms with van der Waals surface area (Å²) in [6, 6.07) is 8.69. The van der Waals surface area contributed by atoms with Gasteiger partial charge in [0.15, 0.2) is 0 Å². The quantitative estimate of drug-likeness (QED) is 0.797. The molecule has 2 fully saturated rings. The fraction of sp³-hybridized carbons (Fsp3) is 0.500. The molecule has 2 nitrogen and oxygen atoms in total. The lowest BCUT2D eigenvalue weighted by Crippen LogP contribution is -2.31. The molecular weight excluding hydrogens is 286 g/mol. The van der Waals surface area contributed by atoms with Crippen LogP contribution in [0.5, 0.6) is 0 Å². The van der Waals surface area contributed by atoms with E-state index >= 15 is 0 Å². The van der Waals surface area contributed by atoms with E-state index in [1.54, 1.807) is 0 Å². The fourth-order valence-electron chi connectivity index (χ4n) is 4.12. The summed E-state index contributed by atoms with van der Waals surface area (Å²) in [7, 11) is 0. The van der Waals surface area contributed by atoms with E-state index in [9.17, 15) is 0 Å². The first kappa shape index (κ1) is 12.0. The summed E-state index contributed by atoms with van der Waals surface area (Å²) in [6.45, 7) is 0.923. The number of hydrogen-bond donors (Lipinski definition) is 1. The number of ether oxygens (including phenoxy) is 1. The van der Waals surface area contributed by atoms with Crippen LogP contribution in [0, 0.1) is 5.92 Å². The molecule has 3 aliphatic rings. The van der Waals surface area contributed by atoms with E-state index in [1.165, 1.54) is 46.5 Å². The number of hydrogen-bond acceptors (Lipinski definition) is 3. The first-order chi connectivity index (χ1) is 9.87. The van der Waals surface area contributed by atoms with Gasteiger partial charge in [-0.15, -0.1) is 23.5 Å². The maximum Gasteiger partial charge on any atom is 0.103 e. The van der Waals surface area contributed by atoms with Crippen molar-refractivity contribution < 1.29 is 4.74 Å². The molecule has 5 rings (SSSR count). The molecular formula is C16H17NOS2. The second-order valence-corrected chi connectivity index (χ2v) is 9.06. The van der Waals surface area contributed by atoms with Gasteiger partial charge in [-0.25, -0.2) is 0 Å². The predicted molar refractivity (Wildman–Crippen MR) is 86.4 cm³/mol. The molecule has 4 heteroatoms. The molecule has 2 saturated heterocycles. The average molecular weight is 303 g/mol. The Balaban J connectivity index is 1.63. The highest BCUT2D eigenvalue weighted by Crippen LogP contribution is 2.61. The number of benzene rings is 1. The first-order valence-electron chi connectivity index (χ1n) is 7.36. The van der Waals surface area contributed by atoms with E-state index in [2.05, 4.69) is 52.8 Å². The molecule has 2 aromatic rings. The number of thioether (sulfide) groups is 2. The number of H-pyrrole nitrogens is 1. The Bertz CT molecular complexity index is 674. The highest BCUT2D eigenvalue weighted by atomic mass is 32.2. The van der Waals surface area contributed by atoms with E-state index in [0.29, 0.717) is 16.1 Å².